The molecule has 0 unspecified atom stereocenters. The first-order valence-corrected chi connectivity index (χ1v) is 5.16. The number of aliphatic hydroxyl groups excluding tert-OH is 1. The number of nitrogens with zero attached hydrogens (tertiary/aromatic N) is 1. The van der Waals surface area contributed by atoms with E-state index in [1.54, 1.807) is 12.1 Å². The van der Waals surface area contributed by atoms with Gasteiger partial charge in [-0.05, 0) is 17.7 Å². The molecule has 0 amide bonds. The Morgan fingerprint density at radius 3 is 2.29 bits per heavy atom. The molecule has 0 saturated heterocycles. The zero-order valence-electron chi connectivity index (χ0n) is 9.79. The highest BCUT2D eigenvalue weighted by molar-refractivity contribution is 5.85. The standard InChI is InChI=1S/C11H16N2O3.ClH/c1-8(2)12-7-11(14)9-3-5-10(6-4-9)13(15)16;/h3-6,8,11-12,14H,7H2,1-2H3;1H/t11-;/m0./s1. The van der Waals surface area contributed by atoms with Gasteiger partial charge in [-0.25, -0.2) is 0 Å². The summed E-state index contributed by atoms with van der Waals surface area (Å²) >= 11 is 0. The minimum Gasteiger partial charge on any atom is -0.387 e. The summed E-state index contributed by atoms with van der Waals surface area (Å²) in [5, 5.41) is 23.3. The maximum atomic E-state index is 10.4. The van der Waals surface area contributed by atoms with Gasteiger partial charge in [0.25, 0.3) is 5.69 Å². The predicted molar refractivity (Wildman–Crippen MR) is 68.4 cm³/mol. The second-order valence-corrected chi connectivity index (χ2v) is 3.93. The van der Waals surface area contributed by atoms with Crippen LogP contribution < -0.4 is 5.32 Å². The third kappa shape index (κ3) is 5.12. The highest BCUT2D eigenvalue weighted by Gasteiger charge is 2.10. The van der Waals surface area contributed by atoms with Crippen LogP contribution in [-0.2, 0) is 0 Å². The van der Waals surface area contributed by atoms with Crippen molar-refractivity contribution < 1.29 is 10.0 Å². The van der Waals surface area contributed by atoms with Crippen LogP contribution in [0, 0.1) is 10.1 Å². The highest BCUT2D eigenvalue weighted by atomic mass is 35.5. The van der Waals surface area contributed by atoms with Crippen molar-refractivity contribution in [1.29, 1.82) is 0 Å². The zero-order chi connectivity index (χ0) is 12.1. The van der Waals surface area contributed by atoms with Crippen molar-refractivity contribution in [3.8, 4) is 0 Å². The number of nitro benzene ring substituents is 1. The Labute approximate surface area is 106 Å². The molecule has 1 atom stereocenters. The van der Waals surface area contributed by atoms with Crippen LogP contribution in [0.15, 0.2) is 24.3 Å². The number of halogens is 1. The molecular formula is C11H17ClN2O3. The van der Waals surface area contributed by atoms with Gasteiger partial charge in [-0.15, -0.1) is 12.4 Å². The van der Waals surface area contributed by atoms with Gasteiger partial charge in [0.05, 0.1) is 11.0 Å². The van der Waals surface area contributed by atoms with Crippen molar-refractivity contribution in [3.05, 3.63) is 39.9 Å². The Balaban J connectivity index is 0.00000256. The van der Waals surface area contributed by atoms with E-state index >= 15 is 0 Å². The van der Waals surface area contributed by atoms with Gasteiger partial charge in [0, 0.05) is 24.7 Å². The molecule has 0 radical (unpaired) electrons. The van der Waals surface area contributed by atoms with Crippen LogP contribution >= 0.6 is 12.4 Å². The molecule has 1 aromatic rings. The van der Waals surface area contributed by atoms with E-state index in [2.05, 4.69) is 5.32 Å². The van der Waals surface area contributed by atoms with E-state index in [1.807, 2.05) is 13.8 Å². The van der Waals surface area contributed by atoms with E-state index in [0.717, 1.165) is 0 Å². The summed E-state index contributed by atoms with van der Waals surface area (Å²) in [4.78, 5) is 9.97. The van der Waals surface area contributed by atoms with Gasteiger partial charge in [-0.3, -0.25) is 10.1 Å². The van der Waals surface area contributed by atoms with Crippen LogP contribution in [0.2, 0.25) is 0 Å². The lowest BCUT2D eigenvalue weighted by Gasteiger charge is -2.14. The average molecular weight is 261 g/mol. The molecule has 0 spiro atoms. The molecule has 0 bridgehead atoms. The van der Waals surface area contributed by atoms with Crippen LogP contribution in [0.4, 0.5) is 5.69 Å². The fraction of sp³-hybridized carbons (Fsp3) is 0.455. The number of non-ortho nitro benzene ring substituents is 1. The van der Waals surface area contributed by atoms with Crippen molar-refractivity contribution in [3.63, 3.8) is 0 Å². The third-order valence-electron chi connectivity index (χ3n) is 2.21. The first kappa shape index (κ1) is 15.8. The number of hydrogen-bond donors (Lipinski definition) is 2. The molecule has 0 fully saturated rings. The Morgan fingerprint density at radius 2 is 1.88 bits per heavy atom. The van der Waals surface area contributed by atoms with E-state index in [9.17, 15) is 15.2 Å². The molecular weight excluding hydrogens is 244 g/mol. The van der Waals surface area contributed by atoms with Crippen molar-refractivity contribution in [1.82, 2.24) is 5.32 Å². The van der Waals surface area contributed by atoms with Crippen LogP contribution in [0.5, 0.6) is 0 Å². The van der Waals surface area contributed by atoms with Crippen LogP contribution in [0.3, 0.4) is 0 Å². The van der Waals surface area contributed by atoms with E-state index < -0.39 is 11.0 Å². The molecule has 5 nitrogen and oxygen atoms in total. The normalized spacial score (nSPS) is 12.0. The monoisotopic (exact) mass is 260 g/mol. The summed E-state index contributed by atoms with van der Waals surface area (Å²) in [6.07, 6.45) is -0.636. The Morgan fingerprint density at radius 1 is 1.35 bits per heavy atom. The van der Waals surface area contributed by atoms with Crippen LogP contribution in [0.1, 0.15) is 25.5 Å². The molecule has 0 aliphatic heterocycles. The van der Waals surface area contributed by atoms with E-state index in [-0.39, 0.29) is 18.1 Å². The second-order valence-electron chi connectivity index (χ2n) is 3.93. The van der Waals surface area contributed by atoms with Gasteiger partial charge >= 0.3 is 0 Å². The summed E-state index contributed by atoms with van der Waals surface area (Å²) in [5.74, 6) is 0. The van der Waals surface area contributed by atoms with Crippen LogP contribution in [0.25, 0.3) is 0 Å². The first-order valence-electron chi connectivity index (χ1n) is 5.16. The number of aliphatic hydroxyl groups is 1. The van der Waals surface area contributed by atoms with E-state index in [4.69, 9.17) is 0 Å². The largest absolute Gasteiger partial charge is 0.387 e. The van der Waals surface area contributed by atoms with Gasteiger partial charge in [0.1, 0.15) is 0 Å². The minimum atomic E-state index is -0.636. The highest BCUT2D eigenvalue weighted by Crippen LogP contribution is 2.17. The molecule has 0 aromatic heterocycles. The van der Waals surface area contributed by atoms with Gasteiger partial charge < -0.3 is 10.4 Å². The molecule has 0 aliphatic carbocycles. The summed E-state index contributed by atoms with van der Waals surface area (Å²) in [6, 6.07) is 6.24. The molecule has 0 saturated carbocycles. The Kier molecular flexibility index (Phi) is 6.72. The summed E-state index contributed by atoms with van der Waals surface area (Å²) in [7, 11) is 0. The average Bonchev–Trinajstić information content (AvgIpc) is 2.26. The number of rotatable bonds is 5. The third-order valence-corrected chi connectivity index (χ3v) is 2.21. The van der Waals surface area contributed by atoms with Crippen molar-refractivity contribution in [2.75, 3.05) is 6.54 Å². The van der Waals surface area contributed by atoms with E-state index in [1.165, 1.54) is 12.1 Å². The molecule has 0 heterocycles. The fourth-order valence-electron chi connectivity index (χ4n) is 1.28. The van der Waals surface area contributed by atoms with Crippen molar-refractivity contribution in [2.24, 2.45) is 0 Å². The first-order chi connectivity index (χ1) is 7.50. The number of nitrogens with one attached hydrogen (secondary N) is 1. The number of hydrogen-bond acceptors (Lipinski definition) is 4. The number of nitro groups is 1. The SMILES string of the molecule is CC(C)NC[C@H](O)c1ccc([N+](=O)[O-])cc1.Cl. The lowest BCUT2D eigenvalue weighted by atomic mass is 10.1. The predicted octanol–water partition coefficient (Wildman–Crippen LogP) is 2.05. The lowest BCUT2D eigenvalue weighted by Crippen LogP contribution is -2.27. The molecule has 96 valence electrons. The smallest absolute Gasteiger partial charge is 0.269 e. The molecule has 6 heteroatoms. The summed E-state index contributed by atoms with van der Waals surface area (Å²) in [6.45, 7) is 4.42. The molecule has 17 heavy (non-hydrogen) atoms. The van der Waals surface area contributed by atoms with Gasteiger partial charge in [0.2, 0.25) is 0 Å². The lowest BCUT2D eigenvalue weighted by molar-refractivity contribution is -0.384. The van der Waals surface area contributed by atoms with Crippen molar-refractivity contribution >= 4 is 18.1 Å². The van der Waals surface area contributed by atoms with Gasteiger partial charge in [0.15, 0.2) is 0 Å². The fourth-order valence-corrected chi connectivity index (χ4v) is 1.28. The summed E-state index contributed by atoms with van der Waals surface area (Å²) < 4.78 is 0. The molecule has 2 N–H and O–H groups in total. The topological polar surface area (TPSA) is 75.4 Å². The zero-order valence-corrected chi connectivity index (χ0v) is 10.6. The van der Waals surface area contributed by atoms with Gasteiger partial charge in [-0.2, -0.15) is 0 Å². The molecule has 0 aliphatic rings. The Bertz CT molecular complexity index is 354. The summed E-state index contributed by atoms with van der Waals surface area (Å²) in [5.41, 5.74) is 0.714. The Hall–Kier alpha value is -1.17. The van der Waals surface area contributed by atoms with E-state index in [0.29, 0.717) is 18.2 Å². The van der Waals surface area contributed by atoms with Gasteiger partial charge in [-0.1, -0.05) is 13.8 Å². The molecule has 1 aromatic carbocycles. The molecule has 1 rings (SSSR count). The number of benzene rings is 1. The maximum Gasteiger partial charge on any atom is 0.269 e. The van der Waals surface area contributed by atoms with Crippen LogP contribution in [-0.4, -0.2) is 22.6 Å². The second kappa shape index (κ2) is 7.21. The minimum absolute atomic E-state index is 0. The van der Waals surface area contributed by atoms with Crippen molar-refractivity contribution in [2.45, 2.75) is 26.0 Å². The maximum absolute atomic E-state index is 10.4. The quantitative estimate of drug-likeness (QED) is 0.628.